The average molecular weight is 750 g/mol. The summed E-state index contributed by atoms with van der Waals surface area (Å²) in [7, 11) is 2.18. The second-order valence-corrected chi connectivity index (χ2v) is 19.1. The molecule has 0 radical (unpaired) electrons. The van der Waals surface area contributed by atoms with E-state index in [0.29, 0.717) is 11.1 Å². The number of nitrogens with one attached hydrogen (secondary N) is 1. The van der Waals surface area contributed by atoms with E-state index >= 15 is 0 Å². The number of nitrogens with zero attached hydrogens (tertiary/aromatic N) is 4. The third kappa shape index (κ3) is 9.99. The van der Waals surface area contributed by atoms with Gasteiger partial charge in [-0.05, 0) is 55.8 Å². The standard InChI is InChI=1S/C39H55N5O8Si/c1-25(2)29(42-35(47)51-36(3,4)5)32(45)49-30-31(50-33(38(30,9)48)44-23-22-28(41-34(44)46)40-24-43(10)11)39(52-53-37(6,7)8,26-18-14-12-15-19-26)27-20-16-13-17-21-27/h12-25,29-31,33,48H,53H2,1-11H3,(H,42,47). The summed E-state index contributed by atoms with van der Waals surface area (Å²) in [5.41, 5.74) is -3.66. The molecule has 53 heavy (non-hydrogen) atoms. The zero-order valence-corrected chi connectivity index (χ0v) is 34.1. The van der Waals surface area contributed by atoms with Crippen LogP contribution in [0.5, 0.6) is 0 Å². The van der Waals surface area contributed by atoms with Crippen molar-refractivity contribution >= 4 is 34.0 Å². The van der Waals surface area contributed by atoms with Crippen molar-refractivity contribution in [3.8, 4) is 0 Å². The number of hydrogen-bond donors (Lipinski definition) is 2. The molecule has 1 saturated heterocycles. The molecule has 1 fully saturated rings. The largest absolute Gasteiger partial charge is 0.455 e. The summed E-state index contributed by atoms with van der Waals surface area (Å²) in [6, 6.07) is 19.3. The number of hydrogen-bond acceptors (Lipinski definition) is 10. The Morgan fingerprint density at radius 3 is 2.06 bits per heavy atom. The highest BCUT2D eigenvalue weighted by atomic mass is 28.2. The van der Waals surface area contributed by atoms with Crippen LogP contribution in [0.15, 0.2) is 82.7 Å². The molecule has 0 aliphatic carbocycles. The highest BCUT2D eigenvalue weighted by molar-refractivity contribution is 6.32. The van der Waals surface area contributed by atoms with Gasteiger partial charge in [0.1, 0.15) is 28.9 Å². The van der Waals surface area contributed by atoms with Gasteiger partial charge in [0.2, 0.25) is 0 Å². The van der Waals surface area contributed by atoms with Crippen LogP contribution in [0.2, 0.25) is 5.04 Å². The van der Waals surface area contributed by atoms with Crippen LogP contribution in [-0.2, 0) is 29.0 Å². The lowest BCUT2D eigenvalue weighted by Crippen LogP contribution is -2.57. The minimum absolute atomic E-state index is 0.160. The molecule has 1 aliphatic rings. The van der Waals surface area contributed by atoms with Crippen molar-refractivity contribution in [2.75, 3.05) is 14.1 Å². The number of benzene rings is 2. The highest BCUT2D eigenvalue weighted by Crippen LogP contribution is 2.51. The van der Waals surface area contributed by atoms with E-state index in [9.17, 15) is 19.5 Å². The number of ether oxygens (including phenoxy) is 3. The van der Waals surface area contributed by atoms with Crippen molar-refractivity contribution in [1.29, 1.82) is 0 Å². The van der Waals surface area contributed by atoms with Crippen molar-refractivity contribution < 1.29 is 33.3 Å². The summed E-state index contributed by atoms with van der Waals surface area (Å²) < 4.78 is 27.0. The Bertz CT molecular complexity index is 1750. The fraction of sp³-hybridized carbons (Fsp3) is 0.513. The topological polar surface area (TPSA) is 154 Å². The van der Waals surface area contributed by atoms with E-state index < -0.39 is 74.7 Å². The maximum atomic E-state index is 14.3. The summed E-state index contributed by atoms with van der Waals surface area (Å²) in [6.07, 6.45) is -1.92. The van der Waals surface area contributed by atoms with Gasteiger partial charge in [-0.3, -0.25) is 4.57 Å². The molecular weight excluding hydrogens is 695 g/mol. The quantitative estimate of drug-likeness (QED) is 0.114. The summed E-state index contributed by atoms with van der Waals surface area (Å²) in [4.78, 5) is 50.9. The first-order chi connectivity index (χ1) is 24.7. The summed E-state index contributed by atoms with van der Waals surface area (Å²) in [6.45, 7) is 16.4. The van der Waals surface area contributed by atoms with Crippen LogP contribution in [-0.4, -0.2) is 91.3 Å². The first-order valence-corrected chi connectivity index (χ1v) is 19.1. The lowest BCUT2D eigenvalue weighted by atomic mass is 9.77. The Hall–Kier alpha value is -4.37. The van der Waals surface area contributed by atoms with Gasteiger partial charge in [0.25, 0.3) is 0 Å². The van der Waals surface area contributed by atoms with Crippen LogP contribution in [0.4, 0.5) is 10.6 Å². The van der Waals surface area contributed by atoms with Gasteiger partial charge in [0, 0.05) is 20.3 Å². The second kappa shape index (κ2) is 16.3. The molecule has 4 rings (SSSR count). The number of aliphatic hydroxyl groups is 1. The smallest absolute Gasteiger partial charge is 0.408 e. The first kappa shape index (κ1) is 41.4. The number of rotatable bonds is 12. The van der Waals surface area contributed by atoms with E-state index in [1.165, 1.54) is 25.5 Å². The van der Waals surface area contributed by atoms with Crippen LogP contribution in [0, 0.1) is 5.92 Å². The van der Waals surface area contributed by atoms with Crippen LogP contribution in [0.25, 0.3) is 0 Å². The zero-order chi connectivity index (χ0) is 39.4. The van der Waals surface area contributed by atoms with Crippen molar-refractivity contribution in [2.24, 2.45) is 10.9 Å². The zero-order valence-electron chi connectivity index (χ0n) is 32.7. The normalized spacial score (nSPS) is 21.6. The van der Waals surface area contributed by atoms with Gasteiger partial charge in [0.15, 0.2) is 27.9 Å². The van der Waals surface area contributed by atoms with E-state index in [-0.39, 0.29) is 10.9 Å². The van der Waals surface area contributed by atoms with E-state index in [1.807, 2.05) is 60.7 Å². The fourth-order valence-electron chi connectivity index (χ4n) is 6.04. The van der Waals surface area contributed by atoms with Gasteiger partial charge in [-0.1, -0.05) is 95.3 Å². The van der Waals surface area contributed by atoms with E-state index in [2.05, 4.69) is 36.1 Å². The third-order valence-electron chi connectivity index (χ3n) is 8.49. The van der Waals surface area contributed by atoms with Crippen LogP contribution >= 0.6 is 0 Å². The first-order valence-electron chi connectivity index (χ1n) is 17.8. The number of carbonyl (C=O) groups is 2. The molecule has 0 bridgehead atoms. The Balaban J connectivity index is 1.94. The minimum atomic E-state index is -2.05. The molecule has 0 saturated carbocycles. The van der Waals surface area contributed by atoms with Gasteiger partial charge < -0.3 is 34.0 Å². The summed E-state index contributed by atoms with van der Waals surface area (Å²) >= 11 is 0. The summed E-state index contributed by atoms with van der Waals surface area (Å²) in [5.74, 6) is -1.10. The third-order valence-corrected chi connectivity index (χ3v) is 9.96. The Morgan fingerprint density at radius 2 is 1.58 bits per heavy atom. The molecule has 14 heteroatoms. The van der Waals surface area contributed by atoms with Crippen molar-refractivity contribution in [2.45, 2.75) is 109 Å². The second-order valence-electron chi connectivity index (χ2n) is 16.4. The number of aromatic nitrogens is 2. The van der Waals surface area contributed by atoms with Crippen LogP contribution in [0.1, 0.15) is 79.7 Å². The molecule has 2 heterocycles. The number of carbonyl (C=O) groups excluding carboxylic acids is 2. The van der Waals surface area contributed by atoms with E-state index in [1.54, 1.807) is 53.6 Å². The van der Waals surface area contributed by atoms with Crippen LogP contribution in [0.3, 0.4) is 0 Å². The van der Waals surface area contributed by atoms with Crippen molar-refractivity contribution in [3.05, 3.63) is 94.5 Å². The molecule has 5 atom stereocenters. The lowest BCUT2D eigenvalue weighted by molar-refractivity contribution is -0.172. The maximum absolute atomic E-state index is 14.3. The van der Waals surface area contributed by atoms with Gasteiger partial charge >= 0.3 is 17.8 Å². The molecule has 5 unspecified atom stereocenters. The molecule has 1 aromatic heterocycles. The molecular formula is C39H55N5O8Si. The van der Waals surface area contributed by atoms with Gasteiger partial charge in [-0.2, -0.15) is 4.98 Å². The molecule has 3 aromatic rings. The van der Waals surface area contributed by atoms with Gasteiger partial charge in [0.05, 0.1) is 6.34 Å². The number of alkyl carbamates (subject to hydrolysis) is 1. The summed E-state index contributed by atoms with van der Waals surface area (Å²) in [5, 5.41) is 15.1. The molecule has 2 aromatic carbocycles. The molecule has 288 valence electrons. The van der Waals surface area contributed by atoms with Gasteiger partial charge in [-0.25, -0.2) is 19.4 Å². The number of esters is 1. The Labute approximate surface area is 314 Å². The highest BCUT2D eigenvalue weighted by Gasteiger charge is 2.64. The molecule has 13 nitrogen and oxygen atoms in total. The molecule has 2 N–H and O–H groups in total. The predicted octanol–water partition coefficient (Wildman–Crippen LogP) is 4.84. The molecule has 1 amide bonds. The van der Waals surface area contributed by atoms with Crippen molar-refractivity contribution in [1.82, 2.24) is 19.8 Å². The Morgan fingerprint density at radius 1 is 1.02 bits per heavy atom. The maximum Gasteiger partial charge on any atom is 0.408 e. The Kier molecular flexibility index (Phi) is 12.8. The molecule has 0 spiro atoms. The SMILES string of the molecule is CC(C)C(NC(=O)OC(C)(C)C)C(=O)OC1C(C(O[SiH2]C(C)(C)C)(c2ccccc2)c2ccccc2)OC(n2ccc(N=CN(C)C)nc2=O)C1(C)O. The number of amides is 1. The minimum Gasteiger partial charge on any atom is -0.455 e. The van der Waals surface area contributed by atoms with Crippen LogP contribution < -0.4 is 11.0 Å². The van der Waals surface area contributed by atoms with Gasteiger partial charge in [-0.15, -0.1) is 0 Å². The predicted molar refractivity (Wildman–Crippen MR) is 206 cm³/mol. The lowest BCUT2D eigenvalue weighted by Gasteiger charge is -2.44. The monoisotopic (exact) mass is 749 g/mol. The van der Waals surface area contributed by atoms with E-state index in [0.717, 1.165) is 4.57 Å². The van der Waals surface area contributed by atoms with Crippen molar-refractivity contribution in [3.63, 3.8) is 0 Å². The molecule has 1 aliphatic heterocycles. The number of aliphatic imine (C=N–C) groups is 1. The van der Waals surface area contributed by atoms with E-state index in [4.69, 9.17) is 18.6 Å². The fourth-order valence-corrected chi connectivity index (χ4v) is 7.20. The average Bonchev–Trinajstić information content (AvgIpc) is 3.32.